The van der Waals surface area contributed by atoms with Crippen molar-refractivity contribution in [3.63, 3.8) is 0 Å². The van der Waals surface area contributed by atoms with Gasteiger partial charge in [-0.3, -0.25) is 9.69 Å². The number of para-hydroxylation sites is 1. The first kappa shape index (κ1) is 20.4. The number of likely N-dealkylation sites (N-methyl/N-ethyl adjacent to an activating group) is 1. The number of alkyl halides is 3. The van der Waals surface area contributed by atoms with Crippen LogP contribution in [0.1, 0.15) is 31.9 Å². The van der Waals surface area contributed by atoms with Crippen LogP contribution in [0.3, 0.4) is 0 Å². The number of nitrogens with one attached hydrogen (secondary N) is 1. The largest absolute Gasteiger partial charge is 0.415 e. The van der Waals surface area contributed by atoms with E-state index >= 15 is 0 Å². The van der Waals surface area contributed by atoms with E-state index in [1.54, 1.807) is 0 Å². The van der Waals surface area contributed by atoms with Gasteiger partial charge in [-0.25, -0.2) is 0 Å². The summed E-state index contributed by atoms with van der Waals surface area (Å²) in [5, 5.41) is 12.0. The quantitative estimate of drug-likeness (QED) is 0.798. The second-order valence-electron chi connectivity index (χ2n) is 5.82. The number of aliphatic hydroxyl groups excluding tert-OH is 1. The molecule has 0 heterocycles. The summed E-state index contributed by atoms with van der Waals surface area (Å²) in [6, 6.07) is 4.94. The van der Waals surface area contributed by atoms with E-state index in [4.69, 9.17) is 5.11 Å². The zero-order chi connectivity index (χ0) is 18.5. The molecule has 0 radical (unpaired) electrons. The molecule has 0 saturated heterocycles. The highest BCUT2D eigenvalue weighted by atomic mass is 19.4. The zero-order valence-electron chi connectivity index (χ0n) is 14.4. The summed E-state index contributed by atoms with van der Waals surface area (Å²) in [7, 11) is 1.38. The van der Waals surface area contributed by atoms with Gasteiger partial charge in [0.15, 0.2) is 6.10 Å². The average Bonchev–Trinajstić information content (AvgIpc) is 2.53. The van der Waals surface area contributed by atoms with E-state index in [0.29, 0.717) is 0 Å². The molecular formula is C17H25F3N2O2. The fourth-order valence-corrected chi connectivity index (χ4v) is 2.37. The van der Waals surface area contributed by atoms with Gasteiger partial charge in [-0.2, -0.15) is 13.2 Å². The van der Waals surface area contributed by atoms with Crippen molar-refractivity contribution in [2.45, 2.75) is 51.9 Å². The van der Waals surface area contributed by atoms with Gasteiger partial charge >= 0.3 is 6.18 Å². The number of halogens is 3. The van der Waals surface area contributed by atoms with Gasteiger partial charge in [0.05, 0.1) is 6.04 Å². The molecule has 0 spiro atoms. The number of carbonyl (C=O) groups is 1. The number of anilines is 1. The lowest BCUT2D eigenvalue weighted by atomic mass is 10.0. The molecule has 0 aromatic heterocycles. The molecule has 2 atom stereocenters. The van der Waals surface area contributed by atoms with Crippen molar-refractivity contribution < 1.29 is 23.1 Å². The molecular weight excluding hydrogens is 321 g/mol. The van der Waals surface area contributed by atoms with Crippen molar-refractivity contribution >= 4 is 11.6 Å². The van der Waals surface area contributed by atoms with Gasteiger partial charge in [0, 0.05) is 12.2 Å². The second-order valence-corrected chi connectivity index (χ2v) is 5.82. The van der Waals surface area contributed by atoms with Gasteiger partial charge in [-0.05, 0) is 37.9 Å². The van der Waals surface area contributed by atoms with Gasteiger partial charge in [0.2, 0.25) is 5.91 Å². The predicted octanol–water partition coefficient (Wildman–Crippen LogP) is 2.99. The first-order chi connectivity index (χ1) is 11.1. The fourth-order valence-electron chi connectivity index (χ4n) is 2.37. The van der Waals surface area contributed by atoms with E-state index in [0.717, 1.165) is 29.7 Å². The number of amides is 1. The van der Waals surface area contributed by atoms with E-state index in [1.807, 2.05) is 32.0 Å². The molecule has 1 aromatic rings. The first-order valence-electron chi connectivity index (χ1n) is 7.98. The number of rotatable bonds is 7. The third-order valence-corrected chi connectivity index (χ3v) is 4.13. The lowest BCUT2D eigenvalue weighted by Gasteiger charge is -2.27. The summed E-state index contributed by atoms with van der Waals surface area (Å²) in [6.07, 6.45) is -5.71. The molecule has 0 saturated carbocycles. The summed E-state index contributed by atoms with van der Waals surface area (Å²) in [5.74, 6) is -0.400. The Labute approximate surface area is 140 Å². The van der Waals surface area contributed by atoms with E-state index in [9.17, 15) is 18.0 Å². The molecule has 7 heteroatoms. The molecule has 136 valence electrons. The van der Waals surface area contributed by atoms with Gasteiger partial charge in [0.1, 0.15) is 0 Å². The number of aliphatic hydroxyl groups is 1. The molecule has 2 N–H and O–H groups in total. The number of hydrogen-bond acceptors (Lipinski definition) is 3. The molecule has 1 aromatic carbocycles. The number of benzene rings is 1. The predicted molar refractivity (Wildman–Crippen MR) is 88.0 cm³/mol. The molecule has 24 heavy (non-hydrogen) atoms. The highest BCUT2D eigenvalue weighted by Gasteiger charge is 2.39. The molecule has 1 amide bonds. The summed E-state index contributed by atoms with van der Waals surface area (Å²) in [4.78, 5) is 13.6. The third-order valence-electron chi connectivity index (χ3n) is 4.13. The Morgan fingerprint density at radius 3 is 2.17 bits per heavy atom. The Morgan fingerprint density at radius 2 is 1.75 bits per heavy atom. The molecule has 0 aliphatic carbocycles. The summed E-state index contributed by atoms with van der Waals surface area (Å²) >= 11 is 0. The molecule has 0 fully saturated rings. The molecule has 4 nitrogen and oxygen atoms in total. The average molecular weight is 346 g/mol. The molecule has 0 aliphatic heterocycles. The Bertz CT molecular complexity index is 539. The smallest absolute Gasteiger partial charge is 0.382 e. The van der Waals surface area contributed by atoms with Crippen LogP contribution >= 0.6 is 0 Å². The van der Waals surface area contributed by atoms with Crippen molar-refractivity contribution in [3.8, 4) is 0 Å². The standard InChI is InChI=1S/C17H25F3N2O2/c1-5-12-8-7-9-13(6-2)15(12)21-16(24)11(3)22(4)10-14(23)17(18,19)20/h7-9,11,14,23H,5-6,10H2,1-4H3,(H,21,24). The van der Waals surface area contributed by atoms with Crippen LogP contribution in [0.5, 0.6) is 0 Å². The molecule has 0 bridgehead atoms. The fraction of sp³-hybridized carbons (Fsp3) is 0.588. The highest BCUT2D eigenvalue weighted by molar-refractivity contribution is 5.96. The highest BCUT2D eigenvalue weighted by Crippen LogP contribution is 2.24. The molecule has 2 unspecified atom stereocenters. The van der Waals surface area contributed by atoms with Crippen LogP contribution in [0.2, 0.25) is 0 Å². The maximum atomic E-state index is 12.4. The third kappa shape index (κ3) is 5.21. The van der Waals surface area contributed by atoms with E-state index in [1.165, 1.54) is 18.9 Å². The van der Waals surface area contributed by atoms with Crippen LogP contribution in [0.15, 0.2) is 18.2 Å². The Morgan fingerprint density at radius 1 is 1.25 bits per heavy atom. The van der Waals surface area contributed by atoms with E-state index in [-0.39, 0.29) is 0 Å². The maximum Gasteiger partial charge on any atom is 0.415 e. The van der Waals surface area contributed by atoms with Crippen molar-refractivity contribution in [1.29, 1.82) is 0 Å². The van der Waals surface area contributed by atoms with Crippen molar-refractivity contribution in [1.82, 2.24) is 4.90 Å². The topological polar surface area (TPSA) is 52.6 Å². The number of aryl methyl sites for hydroxylation is 2. The number of carbonyl (C=O) groups excluding carboxylic acids is 1. The molecule has 0 aliphatic rings. The van der Waals surface area contributed by atoms with Crippen molar-refractivity contribution in [2.24, 2.45) is 0 Å². The van der Waals surface area contributed by atoms with E-state index in [2.05, 4.69) is 5.32 Å². The first-order valence-corrected chi connectivity index (χ1v) is 7.98. The molecule has 1 rings (SSSR count). The van der Waals surface area contributed by atoms with Crippen LogP contribution < -0.4 is 5.32 Å². The monoisotopic (exact) mass is 346 g/mol. The van der Waals surface area contributed by atoms with Crippen LogP contribution in [-0.2, 0) is 17.6 Å². The van der Waals surface area contributed by atoms with Crippen LogP contribution in [0.4, 0.5) is 18.9 Å². The lowest BCUT2D eigenvalue weighted by molar-refractivity contribution is -0.208. The van der Waals surface area contributed by atoms with E-state index < -0.39 is 30.8 Å². The maximum absolute atomic E-state index is 12.4. The van der Waals surface area contributed by atoms with Crippen LogP contribution in [-0.4, -0.2) is 47.8 Å². The van der Waals surface area contributed by atoms with Crippen molar-refractivity contribution in [2.75, 3.05) is 18.9 Å². The van der Waals surface area contributed by atoms with Gasteiger partial charge < -0.3 is 10.4 Å². The Hall–Kier alpha value is -1.60. The summed E-state index contributed by atoms with van der Waals surface area (Å²) < 4.78 is 37.3. The van der Waals surface area contributed by atoms with Gasteiger partial charge in [-0.15, -0.1) is 0 Å². The van der Waals surface area contributed by atoms with Crippen LogP contribution in [0.25, 0.3) is 0 Å². The lowest BCUT2D eigenvalue weighted by Crippen LogP contribution is -2.46. The Kier molecular flexibility index (Phi) is 7.23. The summed E-state index contributed by atoms with van der Waals surface area (Å²) in [6.45, 7) is 4.80. The second kappa shape index (κ2) is 8.48. The van der Waals surface area contributed by atoms with Gasteiger partial charge in [-0.1, -0.05) is 32.0 Å². The SMILES string of the molecule is CCc1cccc(CC)c1NC(=O)C(C)N(C)CC(O)C(F)(F)F. The Balaban J connectivity index is 2.84. The minimum Gasteiger partial charge on any atom is -0.382 e. The zero-order valence-corrected chi connectivity index (χ0v) is 14.4. The van der Waals surface area contributed by atoms with Crippen molar-refractivity contribution in [3.05, 3.63) is 29.3 Å². The minimum absolute atomic E-state index is 0.400. The van der Waals surface area contributed by atoms with Crippen LogP contribution in [0, 0.1) is 0 Å². The minimum atomic E-state index is -4.70. The number of hydrogen-bond donors (Lipinski definition) is 2. The number of nitrogens with zero attached hydrogens (tertiary/aromatic N) is 1. The summed E-state index contributed by atoms with van der Waals surface area (Å²) in [5.41, 5.74) is 2.69. The van der Waals surface area contributed by atoms with Gasteiger partial charge in [0.25, 0.3) is 0 Å². The normalized spacial score (nSPS) is 14.5.